The normalized spacial score (nSPS) is 13.9. The molecule has 12 N–H and O–H groups in total. The maximum absolute atomic E-state index is 12.8. The number of amides is 4. The summed E-state index contributed by atoms with van der Waals surface area (Å²) in [6.07, 6.45) is -1.46. The zero-order valence-electron chi connectivity index (χ0n) is 19.6. The molecule has 204 valence electrons. The summed E-state index contributed by atoms with van der Waals surface area (Å²) in [4.78, 5) is 82.2. The molecule has 0 radical (unpaired) electrons. The summed E-state index contributed by atoms with van der Waals surface area (Å²) >= 11 is 0. The summed E-state index contributed by atoms with van der Waals surface area (Å²) in [5, 5.41) is 33.9. The molecule has 4 amide bonds. The Morgan fingerprint density at radius 2 is 1.22 bits per heavy atom. The molecule has 36 heavy (non-hydrogen) atoms. The van der Waals surface area contributed by atoms with Crippen LogP contribution in [0.15, 0.2) is 0 Å². The molecule has 0 saturated heterocycles. The minimum atomic E-state index is -1.74. The van der Waals surface area contributed by atoms with Crippen molar-refractivity contribution in [3.8, 4) is 0 Å². The quantitative estimate of drug-likeness (QED) is 0.0755. The van der Waals surface area contributed by atoms with E-state index >= 15 is 0 Å². The van der Waals surface area contributed by atoms with Gasteiger partial charge in [0, 0.05) is 12.8 Å². The fourth-order valence-corrected chi connectivity index (χ4v) is 2.92. The second-order valence-corrected chi connectivity index (χ2v) is 7.95. The molecule has 0 heterocycles. The number of carbonyl (C=O) groups excluding carboxylic acids is 4. The van der Waals surface area contributed by atoms with E-state index in [0.29, 0.717) is 19.4 Å². The molecule has 0 aliphatic heterocycles. The van der Waals surface area contributed by atoms with Gasteiger partial charge in [0.2, 0.25) is 23.6 Å². The minimum absolute atomic E-state index is 0.00644. The van der Waals surface area contributed by atoms with Gasteiger partial charge >= 0.3 is 17.9 Å². The fourth-order valence-electron chi connectivity index (χ4n) is 2.92. The van der Waals surface area contributed by atoms with Gasteiger partial charge in [-0.15, -0.1) is 0 Å². The zero-order valence-corrected chi connectivity index (χ0v) is 19.6. The third-order valence-corrected chi connectivity index (χ3v) is 4.89. The standard InChI is InChI=1S/C20H34N6O10/c21-8-2-1-3-12(20(35)36)25-19(34)13(9-16(30)31)26-18(33)11(5-7-15(28)29)24-17(32)10(22)4-6-14(23)27/h10-13H,1-9,21-22H2,(H2,23,27)(H,24,32)(H,25,34)(H,26,33)(H,28,29)(H,30,31)(H,35,36). The highest BCUT2D eigenvalue weighted by molar-refractivity contribution is 5.95. The summed E-state index contributed by atoms with van der Waals surface area (Å²) in [5.74, 6) is -8.00. The average Bonchev–Trinajstić information content (AvgIpc) is 2.78. The molecule has 0 fully saturated rings. The first kappa shape index (κ1) is 32.2. The molecular formula is C20H34N6O10. The van der Waals surface area contributed by atoms with Gasteiger partial charge in [-0.1, -0.05) is 0 Å². The predicted molar refractivity (Wildman–Crippen MR) is 122 cm³/mol. The van der Waals surface area contributed by atoms with Crippen LogP contribution in [0.1, 0.15) is 51.4 Å². The van der Waals surface area contributed by atoms with Crippen molar-refractivity contribution in [3.05, 3.63) is 0 Å². The van der Waals surface area contributed by atoms with Crippen LogP contribution in [0.25, 0.3) is 0 Å². The number of nitrogens with two attached hydrogens (primary N) is 3. The lowest BCUT2D eigenvalue weighted by molar-refractivity contribution is -0.144. The van der Waals surface area contributed by atoms with Crippen LogP contribution in [0.3, 0.4) is 0 Å². The lowest BCUT2D eigenvalue weighted by atomic mass is 10.1. The van der Waals surface area contributed by atoms with Gasteiger partial charge in [0.05, 0.1) is 12.5 Å². The number of carboxylic acids is 3. The number of nitrogens with one attached hydrogen (secondary N) is 3. The summed E-state index contributed by atoms with van der Waals surface area (Å²) in [7, 11) is 0. The van der Waals surface area contributed by atoms with Gasteiger partial charge in [-0.2, -0.15) is 0 Å². The monoisotopic (exact) mass is 518 g/mol. The van der Waals surface area contributed by atoms with E-state index in [-0.39, 0.29) is 19.3 Å². The smallest absolute Gasteiger partial charge is 0.326 e. The molecule has 0 aliphatic rings. The summed E-state index contributed by atoms with van der Waals surface area (Å²) in [5.41, 5.74) is 16.0. The van der Waals surface area contributed by atoms with Crippen molar-refractivity contribution in [1.29, 1.82) is 0 Å². The van der Waals surface area contributed by atoms with E-state index in [1.165, 1.54) is 0 Å². The van der Waals surface area contributed by atoms with Crippen molar-refractivity contribution >= 4 is 41.5 Å². The van der Waals surface area contributed by atoms with Crippen molar-refractivity contribution in [2.24, 2.45) is 17.2 Å². The maximum atomic E-state index is 12.8. The van der Waals surface area contributed by atoms with Crippen LogP contribution >= 0.6 is 0 Å². The number of hydrogen-bond acceptors (Lipinski definition) is 9. The number of aliphatic carboxylic acids is 3. The molecule has 0 spiro atoms. The second-order valence-electron chi connectivity index (χ2n) is 7.95. The lowest BCUT2D eigenvalue weighted by Gasteiger charge is -2.24. The van der Waals surface area contributed by atoms with Crippen LogP contribution in [-0.4, -0.2) is 87.6 Å². The number of carbonyl (C=O) groups is 7. The minimum Gasteiger partial charge on any atom is -0.481 e. The van der Waals surface area contributed by atoms with Gasteiger partial charge in [0.15, 0.2) is 0 Å². The Labute approximate surface area is 206 Å². The van der Waals surface area contributed by atoms with Crippen LogP contribution < -0.4 is 33.2 Å². The number of carboxylic acid groups (broad SMARTS) is 3. The van der Waals surface area contributed by atoms with E-state index < -0.39 is 85.0 Å². The van der Waals surface area contributed by atoms with E-state index in [9.17, 15) is 38.7 Å². The first-order chi connectivity index (χ1) is 16.8. The zero-order chi connectivity index (χ0) is 27.8. The Morgan fingerprint density at radius 1 is 0.667 bits per heavy atom. The van der Waals surface area contributed by atoms with E-state index in [2.05, 4.69) is 16.0 Å². The number of rotatable bonds is 19. The highest BCUT2D eigenvalue weighted by Gasteiger charge is 2.31. The SMILES string of the molecule is NCCCCC(NC(=O)C(CC(=O)O)NC(=O)C(CCC(=O)O)NC(=O)C(N)CCC(N)=O)C(=O)O. The van der Waals surface area contributed by atoms with Crippen molar-refractivity contribution in [2.45, 2.75) is 75.5 Å². The summed E-state index contributed by atoms with van der Waals surface area (Å²) < 4.78 is 0. The molecule has 0 aromatic rings. The van der Waals surface area contributed by atoms with Gasteiger partial charge in [-0.3, -0.25) is 28.8 Å². The highest BCUT2D eigenvalue weighted by atomic mass is 16.4. The number of primary amides is 1. The molecule has 0 aromatic heterocycles. The van der Waals surface area contributed by atoms with E-state index in [4.69, 9.17) is 27.4 Å². The van der Waals surface area contributed by atoms with Gasteiger partial charge in [-0.25, -0.2) is 4.79 Å². The number of unbranched alkanes of at least 4 members (excludes halogenated alkanes) is 1. The molecule has 0 bridgehead atoms. The molecule has 4 atom stereocenters. The molecule has 0 saturated carbocycles. The van der Waals surface area contributed by atoms with Crippen molar-refractivity contribution < 1.29 is 48.9 Å². The first-order valence-electron chi connectivity index (χ1n) is 11.1. The number of hydrogen-bond donors (Lipinski definition) is 9. The first-order valence-corrected chi connectivity index (χ1v) is 11.1. The largest absolute Gasteiger partial charge is 0.481 e. The summed E-state index contributed by atoms with van der Waals surface area (Å²) in [6.45, 7) is 0.299. The van der Waals surface area contributed by atoms with Crippen molar-refractivity contribution in [3.63, 3.8) is 0 Å². The van der Waals surface area contributed by atoms with Gasteiger partial charge in [0.1, 0.15) is 18.1 Å². The second kappa shape index (κ2) is 16.8. The Balaban J connectivity index is 5.53. The molecule has 0 aliphatic carbocycles. The van der Waals surface area contributed by atoms with Crippen LogP contribution in [0.4, 0.5) is 0 Å². The Kier molecular flexibility index (Phi) is 15.0. The fraction of sp³-hybridized carbons (Fsp3) is 0.650. The molecule has 0 aromatic carbocycles. The Morgan fingerprint density at radius 3 is 1.72 bits per heavy atom. The van der Waals surface area contributed by atoms with E-state index in [0.717, 1.165) is 0 Å². The van der Waals surface area contributed by atoms with E-state index in [1.807, 2.05) is 0 Å². The average molecular weight is 519 g/mol. The van der Waals surface area contributed by atoms with Crippen molar-refractivity contribution in [1.82, 2.24) is 16.0 Å². The molecular weight excluding hydrogens is 484 g/mol. The lowest BCUT2D eigenvalue weighted by Crippen LogP contribution is -2.57. The summed E-state index contributed by atoms with van der Waals surface area (Å²) in [6, 6.07) is -5.90. The Hall–Kier alpha value is -3.79. The van der Waals surface area contributed by atoms with Crippen molar-refractivity contribution in [2.75, 3.05) is 6.54 Å². The van der Waals surface area contributed by atoms with Gasteiger partial charge in [0.25, 0.3) is 0 Å². The third kappa shape index (κ3) is 13.8. The molecule has 0 rings (SSSR count). The Bertz CT molecular complexity index is 821. The van der Waals surface area contributed by atoms with Gasteiger partial charge < -0.3 is 48.5 Å². The molecule has 16 heteroatoms. The highest BCUT2D eigenvalue weighted by Crippen LogP contribution is 2.06. The van der Waals surface area contributed by atoms with E-state index in [1.54, 1.807) is 0 Å². The molecule has 16 nitrogen and oxygen atoms in total. The topological polar surface area (TPSA) is 294 Å². The molecule has 4 unspecified atom stereocenters. The van der Waals surface area contributed by atoms with Gasteiger partial charge in [-0.05, 0) is 38.6 Å². The van der Waals surface area contributed by atoms with Crippen LogP contribution in [0.5, 0.6) is 0 Å². The van der Waals surface area contributed by atoms with Crippen LogP contribution in [0.2, 0.25) is 0 Å². The predicted octanol–water partition coefficient (Wildman–Crippen LogP) is -3.41. The third-order valence-electron chi connectivity index (χ3n) is 4.89. The van der Waals surface area contributed by atoms with Crippen LogP contribution in [0, 0.1) is 0 Å². The van der Waals surface area contributed by atoms with Crippen LogP contribution in [-0.2, 0) is 33.6 Å². The maximum Gasteiger partial charge on any atom is 0.326 e.